The summed E-state index contributed by atoms with van der Waals surface area (Å²) in [6.07, 6.45) is 2.76. The summed E-state index contributed by atoms with van der Waals surface area (Å²) in [6, 6.07) is 4.75. The van der Waals surface area contributed by atoms with Gasteiger partial charge in [-0.2, -0.15) is 4.52 Å². The van der Waals surface area contributed by atoms with Crippen LogP contribution in [0, 0.1) is 6.92 Å². The van der Waals surface area contributed by atoms with Crippen LogP contribution in [0.1, 0.15) is 25.1 Å². The van der Waals surface area contributed by atoms with Crippen LogP contribution in [0.15, 0.2) is 12.1 Å². The lowest BCUT2D eigenvalue weighted by atomic mass is 10.0. The Kier molecular flexibility index (Phi) is 3.84. The highest BCUT2D eigenvalue weighted by Gasteiger charge is 2.32. The van der Waals surface area contributed by atoms with Crippen LogP contribution in [0.4, 0.5) is 5.82 Å². The van der Waals surface area contributed by atoms with Gasteiger partial charge < -0.3 is 10.2 Å². The van der Waals surface area contributed by atoms with Gasteiger partial charge in [-0.15, -0.1) is 15.3 Å². The van der Waals surface area contributed by atoms with E-state index in [1.807, 2.05) is 19.1 Å². The molecule has 1 atom stereocenters. The van der Waals surface area contributed by atoms with Gasteiger partial charge in [0.15, 0.2) is 11.5 Å². The molecular formula is C16H23N7O. The third-order valence-corrected chi connectivity index (χ3v) is 5.04. The Balaban J connectivity index is 1.34. The van der Waals surface area contributed by atoms with Gasteiger partial charge >= 0.3 is 0 Å². The molecule has 1 unspecified atom stereocenters. The van der Waals surface area contributed by atoms with Gasteiger partial charge in [0.2, 0.25) is 5.91 Å². The second-order valence-corrected chi connectivity index (χ2v) is 6.86. The first kappa shape index (κ1) is 15.3. The standard InChI is InChI=1S/C16H23N7O/c1-11-18-19-14-6-7-15(20-23(11)14)22-9-13(10-22)21(2)8-12-4-3-5-16(24)17-12/h6-7,12-13H,3-5,8-10H2,1-2H3,(H,17,24). The fourth-order valence-electron chi connectivity index (χ4n) is 3.49. The predicted octanol–water partition coefficient (Wildman–Crippen LogP) is 0.222. The average molecular weight is 329 g/mol. The van der Waals surface area contributed by atoms with Crippen LogP contribution >= 0.6 is 0 Å². The van der Waals surface area contributed by atoms with Crippen molar-refractivity contribution in [1.82, 2.24) is 30.0 Å². The van der Waals surface area contributed by atoms with Crippen LogP contribution in [-0.2, 0) is 4.79 Å². The summed E-state index contributed by atoms with van der Waals surface area (Å²) in [5.74, 6) is 1.95. The summed E-state index contributed by atoms with van der Waals surface area (Å²) in [5, 5.41) is 15.8. The number of amides is 1. The number of fused-ring (bicyclic) bond motifs is 1. The molecule has 2 aromatic rings. The fourth-order valence-corrected chi connectivity index (χ4v) is 3.49. The van der Waals surface area contributed by atoms with Crippen LogP contribution in [0.25, 0.3) is 5.65 Å². The zero-order chi connectivity index (χ0) is 16.7. The minimum Gasteiger partial charge on any atom is -0.352 e. The number of anilines is 1. The van der Waals surface area contributed by atoms with Crippen LogP contribution in [0.5, 0.6) is 0 Å². The molecule has 4 rings (SSSR count). The van der Waals surface area contributed by atoms with Crippen molar-refractivity contribution in [2.45, 2.75) is 38.3 Å². The van der Waals surface area contributed by atoms with Crippen LogP contribution < -0.4 is 10.2 Å². The number of likely N-dealkylation sites (N-methyl/N-ethyl adjacent to an activating group) is 1. The Labute approximate surface area is 140 Å². The Bertz CT molecular complexity index is 752. The quantitative estimate of drug-likeness (QED) is 0.865. The van der Waals surface area contributed by atoms with Gasteiger partial charge in [0, 0.05) is 38.1 Å². The molecule has 2 aromatic heterocycles. The lowest BCUT2D eigenvalue weighted by Crippen LogP contribution is -2.61. The monoisotopic (exact) mass is 329 g/mol. The predicted molar refractivity (Wildman–Crippen MR) is 89.9 cm³/mol. The topological polar surface area (TPSA) is 78.7 Å². The molecule has 2 aliphatic heterocycles. The fraction of sp³-hybridized carbons (Fsp3) is 0.625. The second kappa shape index (κ2) is 6.01. The van der Waals surface area contributed by atoms with E-state index in [0.29, 0.717) is 18.5 Å². The maximum atomic E-state index is 11.5. The molecular weight excluding hydrogens is 306 g/mol. The third-order valence-electron chi connectivity index (χ3n) is 5.04. The zero-order valence-electron chi connectivity index (χ0n) is 14.1. The number of aryl methyl sites for hydroxylation is 1. The lowest BCUT2D eigenvalue weighted by Gasteiger charge is -2.45. The van der Waals surface area contributed by atoms with E-state index in [2.05, 4.69) is 37.5 Å². The zero-order valence-corrected chi connectivity index (χ0v) is 14.1. The Morgan fingerprint density at radius 3 is 2.96 bits per heavy atom. The van der Waals surface area contributed by atoms with Crippen LogP contribution in [-0.4, -0.2) is 69.4 Å². The summed E-state index contributed by atoms with van der Waals surface area (Å²) in [7, 11) is 2.14. The van der Waals surface area contributed by atoms with Gasteiger partial charge in [-0.1, -0.05) is 0 Å². The smallest absolute Gasteiger partial charge is 0.220 e. The number of rotatable bonds is 4. The lowest BCUT2D eigenvalue weighted by molar-refractivity contribution is -0.123. The van der Waals surface area contributed by atoms with Crippen molar-refractivity contribution >= 4 is 17.4 Å². The molecule has 1 amide bonds. The molecule has 128 valence electrons. The van der Waals surface area contributed by atoms with E-state index in [1.54, 1.807) is 4.52 Å². The van der Waals surface area contributed by atoms with E-state index < -0.39 is 0 Å². The maximum Gasteiger partial charge on any atom is 0.220 e. The largest absolute Gasteiger partial charge is 0.352 e. The molecule has 0 spiro atoms. The minimum atomic E-state index is 0.191. The van der Waals surface area contributed by atoms with Crippen molar-refractivity contribution in [1.29, 1.82) is 0 Å². The van der Waals surface area contributed by atoms with Gasteiger partial charge in [0.1, 0.15) is 5.82 Å². The van der Waals surface area contributed by atoms with E-state index in [1.165, 1.54) is 0 Å². The summed E-state index contributed by atoms with van der Waals surface area (Å²) in [4.78, 5) is 16.1. The molecule has 0 radical (unpaired) electrons. The van der Waals surface area contributed by atoms with Gasteiger partial charge in [-0.05, 0) is 38.9 Å². The van der Waals surface area contributed by atoms with Crippen molar-refractivity contribution in [2.75, 3.05) is 31.6 Å². The molecule has 0 saturated carbocycles. The van der Waals surface area contributed by atoms with Gasteiger partial charge in [-0.25, -0.2) is 0 Å². The van der Waals surface area contributed by atoms with Crippen molar-refractivity contribution < 1.29 is 4.79 Å². The van der Waals surface area contributed by atoms with Crippen molar-refractivity contribution in [3.05, 3.63) is 18.0 Å². The number of nitrogens with one attached hydrogen (secondary N) is 1. The first-order chi connectivity index (χ1) is 11.6. The van der Waals surface area contributed by atoms with E-state index in [9.17, 15) is 4.79 Å². The molecule has 8 heteroatoms. The van der Waals surface area contributed by atoms with Gasteiger partial charge in [-0.3, -0.25) is 9.69 Å². The minimum absolute atomic E-state index is 0.191. The summed E-state index contributed by atoms with van der Waals surface area (Å²) < 4.78 is 1.78. The number of carbonyl (C=O) groups is 1. The normalized spacial score (nSPS) is 22.0. The Morgan fingerprint density at radius 1 is 1.33 bits per heavy atom. The number of carbonyl (C=O) groups excluding carboxylic acids is 1. The molecule has 24 heavy (non-hydrogen) atoms. The average Bonchev–Trinajstić information content (AvgIpc) is 2.87. The second-order valence-electron chi connectivity index (χ2n) is 6.86. The number of hydrogen-bond donors (Lipinski definition) is 1. The van der Waals surface area contributed by atoms with Gasteiger partial charge in [0.05, 0.1) is 0 Å². The highest BCUT2D eigenvalue weighted by atomic mass is 16.1. The van der Waals surface area contributed by atoms with E-state index >= 15 is 0 Å². The number of nitrogens with zero attached hydrogens (tertiary/aromatic N) is 6. The molecule has 0 bridgehead atoms. The number of aromatic nitrogens is 4. The Hall–Kier alpha value is -2.22. The Morgan fingerprint density at radius 2 is 2.17 bits per heavy atom. The first-order valence-corrected chi connectivity index (χ1v) is 8.54. The summed E-state index contributed by atoms with van der Waals surface area (Å²) >= 11 is 0. The van der Waals surface area contributed by atoms with E-state index in [4.69, 9.17) is 0 Å². The molecule has 8 nitrogen and oxygen atoms in total. The van der Waals surface area contributed by atoms with E-state index in [0.717, 1.165) is 49.8 Å². The first-order valence-electron chi connectivity index (χ1n) is 8.54. The number of piperidine rings is 1. The molecule has 2 aliphatic rings. The SMILES string of the molecule is Cc1nnc2ccc(N3CC(N(C)CC4CCCC(=O)N4)C3)nn12. The van der Waals surface area contributed by atoms with E-state index in [-0.39, 0.29) is 5.91 Å². The van der Waals surface area contributed by atoms with Crippen LogP contribution in [0.3, 0.4) is 0 Å². The molecule has 0 aliphatic carbocycles. The molecule has 1 N–H and O–H groups in total. The highest BCUT2D eigenvalue weighted by Crippen LogP contribution is 2.22. The summed E-state index contributed by atoms with van der Waals surface area (Å²) in [5.41, 5.74) is 0.776. The van der Waals surface area contributed by atoms with Crippen molar-refractivity contribution in [3.63, 3.8) is 0 Å². The molecule has 4 heterocycles. The van der Waals surface area contributed by atoms with Crippen molar-refractivity contribution in [2.24, 2.45) is 0 Å². The third kappa shape index (κ3) is 2.82. The highest BCUT2D eigenvalue weighted by molar-refractivity contribution is 5.76. The van der Waals surface area contributed by atoms with Crippen LogP contribution in [0.2, 0.25) is 0 Å². The molecule has 0 aromatic carbocycles. The van der Waals surface area contributed by atoms with Crippen molar-refractivity contribution in [3.8, 4) is 0 Å². The van der Waals surface area contributed by atoms with Gasteiger partial charge in [0.25, 0.3) is 0 Å². The maximum absolute atomic E-state index is 11.5. The molecule has 2 fully saturated rings. The summed E-state index contributed by atoms with van der Waals surface area (Å²) in [6.45, 7) is 4.73. The molecule has 2 saturated heterocycles. The number of hydrogen-bond acceptors (Lipinski definition) is 6.